The van der Waals surface area contributed by atoms with E-state index >= 15 is 0 Å². The maximum Gasteiger partial charge on any atom is 0.231 e. The summed E-state index contributed by atoms with van der Waals surface area (Å²) in [5.74, 6) is 2.82. The van der Waals surface area contributed by atoms with Crippen molar-refractivity contribution in [3.8, 4) is 11.5 Å². The van der Waals surface area contributed by atoms with Gasteiger partial charge in [0.25, 0.3) is 0 Å². The first kappa shape index (κ1) is 13.5. The molecule has 0 atom stereocenters. The van der Waals surface area contributed by atoms with E-state index in [1.54, 1.807) is 0 Å². The Morgan fingerprint density at radius 1 is 1.08 bits per heavy atom. The van der Waals surface area contributed by atoms with Gasteiger partial charge in [0.15, 0.2) is 11.5 Å². The van der Waals surface area contributed by atoms with Gasteiger partial charge in [-0.25, -0.2) is 0 Å². The van der Waals surface area contributed by atoms with E-state index in [4.69, 9.17) is 9.47 Å². The van der Waals surface area contributed by atoms with Crippen LogP contribution in [0.15, 0.2) is 30.5 Å². The van der Waals surface area contributed by atoms with Crippen LogP contribution in [0, 0.1) is 0 Å². The number of ether oxygens (including phenoxy) is 2. The lowest BCUT2D eigenvalue weighted by atomic mass is 10.2. The van der Waals surface area contributed by atoms with Crippen molar-refractivity contribution in [2.24, 2.45) is 0 Å². The molecule has 2 aliphatic rings. The van der Waals surface area contributed by atoms with Crippen molar-refractivity contribution in [2.45, 2.75) is 18.9 Å². The Morgan fingerprint density at radius 2 is 2.00 bits per heavy atom. The molecule has 1 aliphatic heterocycles. The van der Waals surface area contributed by atoms with Gasteiger partial charge in [-0.1, -0.05) is 6.07 Å². The average Bonchev–Trinajstić information content (AvgIpc) is 3.29. The van der Waals surface area contributed by atoms with Gasteiger partial charge in [0.05, 0.1) is 11.1 Å². The molecule has 0 bridgehead atoms. The minimum absolute atomic E-state index is 0.520. The Balaban J connectivity index is 1.53. The Labute approximate surface area is 138 Å². The molecule has 1 aliphatic carbocycles. The number of fused-ring (bicyclic) bond motifs is 2. The zero-order valence-corrected chi connectivity index (χ0v) is 13.0. The summed E-state index contributed by atoms with van der Waals surface area (Å²) in [6, 6.07) is 8.27. The van der Waals surface area contributed by atoms with Crippen LogP contribution >= 0.6 is 0 Å². The number of benzene rings is 1. The summed E-state index contributed by atoms with van der Waals surface area (Å²) in [7, 11) is 0. The van der Waals surface area contributed by atoms with Crippen molar-refractivity contribution >= 4 is 28.5 Å². The first-order valence-corrected chi connectivity index (χ1v) is 8.14. The van der Waals surface area contributed by atoms with E-state index in [9.17, 15) is 0 Å². The predicted molar refractivity (Wildman–Crippen MR) is 91.2 cm³/mol. The van der Waals surface area contributed by atoms with Crippen molar-refractivity contribution in [1.29, 1.82) is 0 Å². The smallest absolute Gasteiger partial charge is 0.231 e. The summed E-state index contributed by atoms with van der Waals surface area (Å²) in [6.07, 6.45) is 4.26. The molecule has 0 unspecified atom stereocenters. The molecule has 1 aromatic carbocycles. The fourth-order valence-electron chi connectivity index (χ4n) is 2.82. The van der Waals surface area contributed by atoms with E-state index in [1.165, 1.54) is 12.8 Å². The first-order chi connectivity index (χ1) is 11.9. The molecule has 0 saturated heterocycles. The molecule has 24 heavy (non-hydrogen) atoms. The third-order valence-electron chi connectivity index (χ3n) is 4.15. The Morgan fingerprint density at radius 3 is 2.92 bits per heavy atom. The van der Waals surface area contributed by atoms with Crippen molar-refractivity contribution in [3.05, 3.63) is 30.5 Å². The number of aromatic nitrogens is 3. The third kappa shape index (κ3) is 2.38. The monoisotopic (exact) mass is 323 g/mol. The van der Waals surface area contributed by atoms with Crippen LogP contribution in [-0.4, -0.2) is 34.2 Å². The van der Waals surface area contributed by atoms with Gasteiger partial charge in [0, 0.05) is 12.2 Å². The van der Waals surface area contributed by atoms with Crippen molar-refractivity contribution < 1.29 is 9.47 Å². The normalized spacial score (nSPS) is 16.2. The highest BCUT2D eigenvalue weighted by atomic mass is 16.6. The van der Waals surface area contributed by atoms with Crippen LogP contribution in [0.2, 0.25) is 0 Å². The highest BCUT2D eigenvalue weighted by Crippen LogP contribution is 2.38. The molecule has 0 amide bonds. The number of rotatable bonds is 4. The molecule has 5 rings (SSSR count). The van der Waals surface area contributed by atoms with E-state index in [1.807, 2.05) is 30.5 Å². The van der Waals surface area contributed by atoms with Gasteiger partial charge in [0.2, 0.25) is 5.95 Å². The van der Waals surface area contributed by atoms with Gasteiger partial charge in [-0.3, -0.25) is 0 Å². The van der Waals surface area contributed by atoms with Crippen molar-refractivity contribution in [3.63, 3.8) is 0 Å². The predicted octanol–water partition coefficient (Wildman–Crippen LogP) is 3.05. The van der Waals surface area contributed by atoms with Gasteiger partial charge in [-0.2, -0.15) is 9.97 Å². The molecule has 7 nitrogen and oxygen atoms in total. The summed E-state index contributed by atoms with van der Waals surface area (Å²) in [5, 5.41) is 7.73. The summed E-state index contributed by atoms with van der Waals surface area (Å²) in [5.41, 5.74) is 1.60. The van der Waals surface area contributed by atoms with Crippen LogP contribution in [0.5, 0.6) is 11.5 Å². The number of nitrogens with zero attached hydrogens (tertiary/aromatic N) is 2. The number of hydrogen-bond donors (Lipinski definition) is 3. The maximum absolute atomic E-state index is 5.74. The quantitative estimate of drug-likeness (QED) is 0.684. The van der Waals surface area contributed by atoms with E-state index in [2.05, 4.69) is 25.6 Å². The van der Waals surface area contributed by atoms with Crippen molar-refractivity contribution in [1.82, 2.24) is 15.0 Å². The van der Waals surface area contributed by atoms with E-state index in [0.717, 1.165) is 28.3 Å². The zero-order valence-electron chi connectivity index (χ0n) is 13.0. The van der Waals surface area contributed by atoms with Gasteiger partial charge in [-0.05, 0) is 31.0 Å². The molecular weight excluding hydrogens is 306 g/mol. The van der Waals surface area contributed by atoms with E-state index in [-0.39, 0.29) is 0 Å². The molecule has 3 N–H and O–H groups in total. The number of nitrogens with one attached hydrogen (secondary N) is 3. The lowest BCUT2D eigenvalue weighted by molar-refractivity contribution is 0.172. The molecule has 1 saturated carbocycles. The number of para-hydroxylation sites is 1. The van der Waals surface area contributed by atoms with Gasteiger partial charge < -0.3 is 25.1 Å². The molecule has 2 aromatic heterocycles. The topological polar surface area (TPSA) is 84.1 Å². The number of H-pyrrole nitrogens is 1. The summed E-state index contributed by atoms with van der Waals surface area (Å²) in [4.78, 5) is 12.4. The average molecular weight is 323 g/mol. The zero-order chi connectivity index (χ0) is 15.9. The molecule has 0 spiro atoms. The van der Waals surface area contributed by atoms with Crippen LogP contribution in [0.25, 0.3) is 11.0 Å². The van der Waals surface area contributed by atoms with E-state index in [0.29, 0.717) is 31.0 Å². The number of aromatic amines is 1. The van der Waals surface area contributed by atoms with Gasteiger partial charge >= 0.3 is 0 Å². The third-order valence-corrected chi connectivity index (χ3v) is 4.15. The van der Waals surface area contributed by atoms with Crippen molar-refractivity contribution in [2.75, 3.05) is 23.8 Å². The molecule has 3 heterocycles. The number of anilines is 3. The maximum atomic E-state index is 5.74. The van der Waals surface area contributed by atoms with Gasteiger partial charge in [-0.15, -0.1) is 0 Å². The Bertz CT molecular complexity index is 903. The minimum Gasteiger partial charge on any atom is -0.486 e. The summed E-state index contributed by atoms with van der Waals surface area (Å²) in [6.45, 7) is 1.10. The van der Waals surface area contributed by atoms with Crippen LogP contribution < -0.4 is 20.1 Å². The summed E-state index contributed by atoms with van der Waals surface area (Å²) < 4.78 is 11.4. The second kappa shape index (κ2) is 5.30. The molecule has 3 aromatic rings. The molecule has 0 radical (unpaired) electrons. The Kier molecular flexibility index (Phi) is 2.97. The number of hydrogen-bond acceptors (Lipinski definition) is 6. The minimum atomic E-state index is 0.520. The molecular formula is C17H17N5O2. The molecule has 122 valence electrons. The first-order valence-electron chi connectivity index (χ1n) is 8.14. The summed E-state index contributed by atoms with van der Waals surface area (Å²) >= 11 is 0. The molecule has 7 heteroatoms. The largest absolute Gasteiger partial charge is 0.486 e. The lowest BCUT2D eigenvalue weighted by Gasteiger charge is -2.21. The van der Waals surface area contributed by atoms with Crippen LogP contribution in [-0.2, 0) is 0 Å². The lowest BCUT2D eigenvalue weighted by Crippen LogP contribution is -2.16. The fourth-order valence-corrected chi connectivity index (χ4v) is 2.82. The fraction of sp³-hybridized carbons (Fsp3) is 0.294. The Hall–Kier alpha value is -2.96. The van der Waals surface area contributed by atoms with Gasteiger partial charge in [0.1, 0.15) is 24.7 Å². The van der Waals surface area contributed by atoms with Crippen LogP contribution in [0.3, 0.4) is 0 Å². The highest BCUT2D eigenvalue weighted by Gasteiger charge is 2.23. The highest BCUT2D eigenvalue weighted by molar-refractivity contribution is 5.88. The van der Waals surface area contributed by atoms with Crippen LogP contribution in [0.4, 0.5) is 17.5 Å². The second-order valence-corrected chi connectivity index (χ2v) is 6.01. The second-order valence-electron chi connectivity index (χ2n) is 6.01. The van der Waals surface area contributed by atoms with E-state index < -0.39 is 0 Å². The van der Waals surface area contributed by atoms with Crippen LogP contribution in [0.1, 0.15) is 12.8 Å². The SMILES string of the molecule is c1cc(Nc2nc(NC3CC3)c3cc[nH]c3n2)c2c(c1)OCCO2. The standard InChI is InChI=1S/C17H17N5O2/c1-2-12(14-13(3-1)23-8-9-24-14)20-17-21-15-11(6-7-18-15)16(22-17)19-10-4-5-10/h1-3,6-7,10H,4-5,8-9H2,(H3,18,19,20,21,22). The molecule has 1 fully saturated rings.